The second kappa shape index (κ2) is 5.30. The maximum absolute atomic E-state index is 11.9. The van der Waals surface area contributed by atoms with E-state index >= 15 is 0 Å². The summed E-state index contributed by atoms with van der Waals surface area (Å²) < 4.78 is 2.12. The number of hydrogen-bond donors (Lipinski definition) is 1. The third-order valence-corrected chi connectivity index (χ3v) is 4.90. The molecule has 0 radical (unpaired) electrons. The van der Waals surface area contributed by atoms with Gasteiger partial charge in [-0.3, -0.25) is 9.48 Å². The topological polar surface area (TPSA) is 46.9 Å². The van der Waals surface area contributed by atoms with E-state index in [1.807, 2.05) is 16.8 Å². The molecule has 2 heterocycles. The first-order valence-corrected chi connectivity index (χ1v) is 8.63. The summed E-state index contributed by atoms with van der Waals surface area (Å²) in [6, 6.07) is 4.16. The van der Waals surface area contributed by atoms with Crippen molar-refractivity contribution in [3.8, 4) is 0 Å². The van der Waals surface area contributed by atoms with E-state index in [4.69, 9.17) is 5.10 Å². The minimum absolute atomic E-state index is 0.0128. The van der Waals surface area contributed by atoms with Gasteiger partial charge in [0.25, 0.3) is 5.91 Å². The van der Waals surface area contributed by atoms with Crippen LogP contribution in [0.25, 0.3) is 0 Å². The Kier molecular flexibility index (Phi) is 3.30. The lowest BCUT2D eigenvalue weighted by Crippen LogP contribution is -2.27. The van der Waals surface area contributed by atoms with Gasteiger partial charge in [0.15, 0.2) is 0 Å². The van der Waals surface area contributed by atoms with Crippen LogP contribution in [0.5, 0.6) is 0 Å². The predicted molar refractivity (Wildman–Crippen MR) is 82.8 cm³/mol. The molecule has 0 aromatic carbocycles. The standard InChI is InChI=1S/C16H19N3OS/c20-16(13-5-8-21-10-13)17-6-7-19-15(12-3-4-12)9-14(18-19)11-1-2-11/h5,8-12H,1-4,6-7H2,(H,17,20). The van der Waals surface area contributed by atoms with Crippen molar-refractivity contribution in [2.45, 2.75) is 44.1 Å². The summed E-state index contributed by atoms with van der Waals surface area (Å²) in [6.07, 6.45) is 5.15. The van der Waals surface area contributed by atoms with E-state index in [2.05, 4.69) is 16.1 Å². The fourth-order valence-corrected chi connectivity index (χ4v) is 3.32. The summed E-state index contributed by atoms with van der Waals surface area (Å²) in [7, 11) is 0. The molecule has 4 rings (SSSR count). The van der Waals surface area contributed by atoms with Crippen LogP contribution in [0.4, 0.5) is 0 Å². The van der Waals surface area contributed by atoms with Gasteiger partial charge in [-0.15, -0.1) is 0 Å². The molecule has 0 bridgehead atoms. The van der Waals surface area contributed by atoms with Crippen molar-refractivity contribution >= 4 is 17.2 Å². The van der Waals surface area contributed by atoms with Gasteiger partial charge in [0, 0.05) is 35.0 Å². The molecule has 5 heteroatoms. The lowest BCUT2D eigenvalue weighted by molar-refractivity contribution is 0.0952. The molecule has 0 aliphatic heterocycles. The second-order valence-electron chi connectivity index (χ2n) is 6.03. The SMILES string of the molecule is O=C(NCCn1nc(C2CC2)cc1C1CC1)c1ccsc1. The zero-order chi connectivity index (χ0) is 14.2. The minimum Gasteiger partial charge on any atom is -0.350 e. The average Bonchev–Trinajstić information content (AvgIpc) is 3.42. The number of aromatic nitrogens is 2. The molecule has 0 saturated heterocycles. The van der Waals surface area contributed by atoms with Gasteiger partial charge in [0.05, 0.1) is 12.2 Å². The van der Waals surface area contributed by atoms with Crippen molar-refractivity contribution in [2.24, 2.45) is 0 Å². The molecule has 2 aliphatic rings. The molecule has 2 aliphatic carbocycles. The number of nitrogens with zero attached hydrogens (tertiary/aromatic N) is 2. The number of nitrogens with one attached hydrogen (secondary N) is 1. The molecule has 0 unspecified atom stereocenters. The van der Waals surface area contributed by atoms with E-state index in [1.54, 1.807) is 11.3 Å². The number of thiophene rings is 1. The van der Waals surface area contributed by atoms with Crippen LogP contribution in [-0.2, 0) is 6.54 Å². The first-order valence-electron chi connectivity index (χ1n) is 7.69. The monoisotopic (exact) mass is 301 g/mol. The summed E-state index contributed by atoms with van der Waals surface area (Å²) in [6.45, 7) is 1.41. The Balaban J connectivity index is 1.39. The van der Waals surface area contributed by atoms with Crippen LogP contribution in [0.15, 0.2) is 22.9 Å². The molecule has 0 spiro atoms. The van der Waals surface area contributed by atoms with Crippen molar-refractivity contribution < 1.29 is 4.79 Å². The Morgan fingerprint density at radius 2 is 2.14 bits per heavy atom. The zero-order valence-electron chi connectivity index (χ0n) is 11.9. The van der Waals surface area contributed by atoms with Crippen molar-refractivity contribution in [3.63, 3.8) is 0 Å². The number of carbonyl (C=O) groups is 1. The number of carbonyl (C=O) groups excluding carboxylic acids is 1. The third-order valence-electron chi connectivity index (χ3n) is 4.21. The first-order chi connectivity index (χ1) is 10.3. The molecular formula is C16H19N3OS. The van der Waals surface area contributed by atoms with Crippen LogP contribution in [0.2, 0.25) is 0 Å². The normalized spacial score (nSPS) is 17.9. The molecule has 1 amide bonds. The van der Waals surface area contributed by atoms with E-state index in [-0.39, 0.29) is 5.91 Å². The highest BCUT2D eigenvalue weighted by Gasteiger charge is 2.32. The van der Waals surface area contributed by atoms with Gasteiger partial charge >= 0.3 is 0 Å². The molecule has 110 valence electrons. The molecule has 1 N–H and O–H groups in total. The van der Waals surface area contributed by atoms with Crippen LogP contribution >= 0.6 is 11.3 Å². The predicted octanol–water partition coefficient (Wildman–Crippen LogP) is 3.13. The molecule has 2 saturated carbocycles. The quantitative estimate of drug-likeness (QED) is 0.891. The van der Waals surface area contributed by atoms with Gasteiger partial charge < -0.3 is 5.32 Å². The Morgan fingerprint density at radius 3 is 2.81 bits per heavy atom. The minimum atomic E-state index is 0.0128. The third kappa shape index (κ3) is 2.88. The molecule has 2 fully saturated rings. The number of amides is 1. The molecule has 21 heavy (non-hydrogen) atoms. The van der Waals surface area contributed by atoms with Gasteiger partial charge in [0.1, 0.15) is 0 Å². The van der Waals surface area contributed by atoms with Gasteiger partial charge in [-0.2, -0.15) is 16.4 Å². The van der Waals surface area contributed by atoms with Crippen molar-refractivity contribution in [1.82, 2.24) is 15.1 Å². The molecule has 2 aromatic rings. The van der Waals surface area contributed by atoms with Crippen LogP contribution in [0.3, 0.4) is 0 Å². The Morgan fingerprint density at radius 1 is 1.33 bits per heavy atom. The summed E-state index contributed by atoms with van der Waals surface area (Å²) in [5.41, 5.74) is 3.39. The summed E-state index contributed by atoms with van der Waals surface area (Å²) in [5.74, 6) is 1.42. The molecular weight excluding hydrogens is 282 g/mol. The fourth-order valence-electron chi connectivity index (χ4n) is 2.69. The van der Waals surface area contributed by atoms with E-state index < -0.39 is 0 Å². The van der Waals surface area contributed by atoms with Crippen molar-refractivity contribution in [3.05, 3.63) is 39.8 Å². The van der Waals surface area contributed by atoms with Gasteiger partial charge in [0.2, 0.25) is 0 Å². The van der Waals surface area contributed by atoms with E-state index in [1.165, 1.54) is 37.1 Å². The lowest BCUT2D eigenvalue weighted by atomic mass is 10.2. The second-order valence-corrected chi connectivity index (χ2v) is 6.81. The van der Waals surface area contributed by atoms with Crippen LogP contribution in [-0.4, -0.2) is 22.2 Å². The van der Waals surface area contributed by atoms with Crippen LogP contribution in [0.1, 0.15) is 59.3 Å². The highest BCUT2D eigenvalue weighted by Crippen LogP contribution is 2.44. The van der Waals surface area contributed by atoms with E-state index in [0.29, 0.717) is 18.4 Å². The average molecular weight is 301 g/mol. The first kappa shape index (κ1) is 13.1. The zero-order valence-corrected chi connectivity index (χ0v) is 12.7. The van der Waals surface area contributed by atoms with Gasteiger partial charge in [-0.05, 0) is 43.2 Å². The number of rotatable bonds is 6. The summed E-state index contributed by atoms with van der Waals surface area (Å²) in [5, 5.41) is 11.5. The lowest BCUT2D eigenvalue weighted by Gasteiger charge is -2.07. The molecule has 2 aromatic heterocycles. The summed E-state index contributed by atoms with van der Waals surface area (Å²) in [4.78, 5) is 11.9. The maximum atomic E-state index is 11.9. The van der Waals surface area contributed by atoms with Gasteiger partial charge in [-0.25, -0.2) is 0 Å². The van der Waals surface area contributed by atoms with Gasteiger partial charge in [-0.1, -0.05) is 0 Å². The van der Waals surface area contributed by atoms with Crippen LogP contribution in [0, 0.1) is 0 Å². The van der Waals surface area contributed by atoms with E-state index in [9.17, 15) is 4.79 Å². The molecule has 4 nitrogen and oxygen atoms in total. The van der Waals surface area contributed by atoms with E-state index in [0.717, 1.165) is 12.1 Å². The summed E-state index contributed by atoms with van der Waals surface area (Å²) >= 11 is 1.55. The largest absolute Gasteiger partial charge is 0.350 e. The number of hydrogen-bond acceptors (Lipinski definition) is 3. The van der Waals surface area contributed by atoms with Crippen molar-refractivity contribution in [2.75, 3.05) is 6.54 Å². The smallest absolute Gasteiger partial charge is 0.252 e. The maximum Gasteiger partial charge on any atom is 0.252 e. The van der Waals surface area contributed by atoms with Crippen LogP contribution < -0.4 is 5.32 Å². The highest BCUT2D eigenvalue weighted by atomic mass is 32.1. The molecule has 0 atom stereocenters. The highest BCUT2D eigenvalue weighted by molar-refractivity contribution is 7.08. The van der Waals surface area contributed by atoms with Crippen molar-refractivity contribution in [1.29, 1.82) is 0 Å². The fraction of sp³-hybridized carbons (Fsp3) is 0.500. The Hall–Kier alpha value is -1.62. The Bertz CT molecular complexity index is 639. The Labute approximate surface area is 128 Å².